The first-order valence-electron chi connectivity index (χ1n) is 5.82. The lowest BCUT2D eigenvalue weighted by molar-refractivity contribution is 0.0651. The second kappa shape index (κ2) is 5.31. The normalized spacial score (nSPS) is 14.5. The molecule has 96 valence electrons. The molecule has 0 spiro atoms. The molecule has 1 aromatic carbocycles. The standard InChI is InChI=1S/C13H11N3O3/c14-15-8-9(17)4-3-7-16-12(18)10-5-1-2-6-11(10)13(16)19/h1-2,5-6,8H,3-4,7H2/p+1/b9-8-. The van der Waals surface area contributed by atoms with E-state index >= 15 is 0 Å². The van der Waals surface area contributed by atoms with Gasteiger partial charge in [-0.15, -0.1) is 0 Å². The summed E-state index contributed by atoms with van der Waals surface area (Å²) in [5.74, 6) is -0.717. The molecule has 1 aliphatic rings. The minimum absolute atomic E-state index is 0.0980. The van der Waals surface area contributed by atoms with E-state index in [4.69, 9.17) is 5.39 Å². The largest absolute Gasteiger partial charge is 0.505 e. The van der Waals surface area contributed by atoms with Crippen LogP contribution in [-0.2, 0) is 0 Å². The van der Waals surface area contributed by atoms with Gasteiger partial charge in [0.15, 0.2) is 10.7 Å². The number of aliphatic hydroxyl groups is 1. The minimum atomic E-state index is -0.309. The number of rotatable bonds is 4. The van der Waals surface area contributed by atoms with Gasteiger partial charge in [0.1, 0.15) is 0 Å². The topological polar surface area (TPSA) is 85.8 Å². The molecule has 0 bridgehead atoms. The van der Waals surface area contributed by atoms with E-state index in [-0.39, 0.29) is 30.5 Å². The summed E-state index contributed by atoms with van der Waals surface area (Å²) in [7, 11) is 0. The zero-order valence-electron chi connectivity index (χ0n) is 10.1. The number of fused-ring (bicyclic) bond motifs is 1. The lowest BCUT2D eigenvalue weighted by Crippen LogP contribution is -2.30. The highest BCUT2D eigenvalue weighted by Crippen LogP contribution is 2.22. The van der Waals surface area contributed by atoms with E-state index in [1.54, 1.807) is 24.3 Å². The minimum Gasteiger partial charge on any atom is -0.505 e. The van der Waals surface area contributed by atoms with Crippen LogP contribution in [0.25, 0.3) is 4.98 Å². The third kappa shape index (κ3) is 2.45. The first kappa shape index (κ1) is 12.8. The van der Waals surface area contributed by atoms with Crippen molar-refractivity contribution in [3.63, 3.8) is 0 Å². The van der Waals surface area contributed by atoms with Crippen LogP contribution in [0.15, 0.2) is 36.2 Å². The summed E-state index contributed by atoms with van der Waals surface area (Å²) in [6.45, 7) is 0.218. The number of aliphatic hydroxyl groups excluding tert-OH is 1. The summed E-state index contributed by atoms with van der Waals surface area (Å²) in [6.07, 6.45) is 1.56. The van der Waals surface area contributed by atoms with E-state index in [1.165, 1.54) is 0 Å². The SMILES string of the molecule is N#[N+]/C=C(\O)CCCN1C(=O)c2ccccc2C1=O. The highest BCUT2D eigenvalue weighted by atomic mass is 16.3. The summed E-state index contributed by atoms with van der Waals surface area (Å²) in [6, 6.07) is 6.67. The Kier molecular flexibility index (Phi) is 3.57. The third-order valence-corrected chi connectivity index (χ3v) is 2.90. The molecule has 0 unspecified atom stereocenters. The number of imide groups is 1. The third-order valence-electron chi connectivity index (χ3n) is 2.90. The van der Waals surface area contributed by atoms with E-state index in [0.717, 1.165) is 11.1 Å². The molecule has 0 aliphatic carbocycles. The summed E-state index contributed by atoms with van der Waals surface area (Å²) >= 11 is 0. The van der Waals surface area contributed by atoms with Gasteiger partial charge in [-0.3, -0.25) is 14.5 Å². The molecule has 0 radical (unpaired) electrons. The Bertz CT molecular complexity index is 566. The van der Waals surface area contributed by atoms with Crippen molar-refractivity contribution >= 4 is 11.8 Å². The highest BCUT2D eigenvalue weighted by Gasteiger charge is 2.34. The molecule has 6 heteroatoms. The monoisotopic (exact) mass is 258 g/mol. The van der Waals surface area contributed by atoms with Crippen LogP contribution in [0.2, 0.25) is 0 Å². The van der Waals surface area contributed by atoms with Gasteiger partial charge in [0, 0.05) is 13.0 Å². The molecule has 0 saturated carbocycles. The van der Waals surface area contributed by atoms with Crippen LogP contribution in [0, 0.1) is 5.39 Å². The number of amides is 2. The van der Waals surface area contributed by atoms with Gasteiger partial charge in [0.25, 0.3) is 11.8 Å². The van der Waals surface area contributed by atoms with E-state index in [2.05, 4.69) is 4.98 Å². The molecule has 6 nitrogen and oxygen atoms in total. The van der Waals surface area contributed by atoms with Gasteiger partial charge in [-0.1, -0.05) is 12.1 Å². The van der Waals surface area contributed by atoms with E-state index in [0.29, 0.717) is 17.5 Å². The first-order valence-corrected chi connectivity index (χ1v) is 5.82. The molecule has 1 N–H and O–H groups in total. The van der Waals surface area contributed by atoms with E-state index < -0.39 is 0 Å². The second-order valence-electron chi connectivity index (χ2n) is 4.15. The molecular formula is C13H12N3O3+. The van der Waals surface area contributed by atoms with Gasteiger partial charge < -0.3 is 5.11 Å². The maximum absolute atomic E-state index is 12.0. The molecule has 0 atom stereocenters. The molecule has 0 fully saturated rings. The molecule has 2 amide bonds. The van der Waals surface area contributed by atoms with Crippen molar-refractivity contribution in [2.45, 2.75) is 12.8 Å². The Hall–Kier alpha value is -2.68. The molecular weight excluding hydrogens is 246 g/mol. The maximum atomic E-state index is 12.0. The smallest absolute Gasteiger partial charge is 0.387 e. The van der Waals surface area contributed by atoms with Crippen LogP contribution < -0.4 is 0 Å². The second-order valence-corrected chi connectivity index (χ2v) is 4.15. The summed E-state index contributed by atoms with van der Waals surface area (Å²) in [5, 5.41) is 17.5. The molecule has 1 heterocycles. The molecule has 1 aliphatic heterocycles. The fourth-order valence-electron chi connectivity index (χ4n) is 1.99. The average molecular weight is 258 g/mol. The lowest BCUT2D eigenvalue weighted by atomic mass is 10.1. The van der Waals surface area contributed by atoms with E-state index in [1.807, 2.05) is 0 Å². The Labute approximate surface area is 109 Å². The predicted octanol–water partition coefficient (Wildman–Crippen LogP) is 2.32. The quantitative estimate of drug-likeness (QED) is 0.510. The van der Waals surface area contributed by atoms with Gasteiger partial charge in [0.05, 0.1) is 11.1 Å². The van der Waals surface area contributed by atoms with Crippen molar-refractivity contribution in [1.82, 2.24) is 4.90 Å². The van der Waals surface area contributed by atoms with Crippen LogP contribution in [-0.4, -0.2) is 28.4 Å². The van der Waals surface area contributed by atoms with Crippen LogP contribution >= 0.6 is 0 Å². The number of benzene rings is 1. The van der Waals surface area contributed by atoms with Crippen molar-refractivity contribution in [3.05, 3.63) is 52.3 Å². The zero-order chi connectivity index (χ0) is 13.8. The van der Waals surface area contributed by atoms with E-state index in [9.17, 15) is 14.7 Å². The Morgan fingerprint density at radius 1 is 1.26 bits per heavy atom. The number of nitrogens with zero attached hydrogens (tertiary/aromatic N) is 3. The van der Waals surface area contributed by atoms with Gasteiger partial charge in [0.2, 0.25) is 5.39 Å². The van der Waals surface area contributed by atoms with Crippen molar-refractivity contribution in [2.75, 3.05) is 6.54 Å². The van der Waals surface area contributed by atoms with Gasteiger partial charge in [-0.2, -0.15) is 0 Å². The highest BCUT2D eigenvalue weighted by molar-refractivity contribution is 6.21. The summed E-state index contributed by atoms with van der Waals surface area (Å²) < 4.78 is 0. The maximum Gasteiger partial charge on any atom is 0.387 e. The van der Waals surface area contributed by atoms with Crippen molar-refractivity contribution in [3.8, 4) is 0 Å². The molecule has 0 aromatic heterocycles. The number of hydrogen-bond donors (Lipinski definition) is 1. The van der Waals surface area contributed by atoms with Gasteiger partial charge >= 0.3 is 6.20 Å². The summed E-state index contributed by atoms with van der Waals surface area (Å²) in [5.41, 5.74) is 0.829. The fraction of sp³-hybridized carbons (Fsp3) is 0.231. The number of diazo groups is 1. The fourth-order valence-corrected chi connectivity index (χ4v) is 1.99. The molecule has 19 heavy (non-hydrogen) atoms. The van der Waals surface area contributed by atoms with Crippen LogP contribution in [0.5, 0.6) is 0 Å². The molecule has 0 saturated heterocycles. The Morgan fingerprint density at radius 2 is 1.84 bits per heavy atom. The van der Waals surface area contributed by atoms with Gasteiger partial charge in [-0.25, -0.2) is 0 Å². The number of carbonyl (C=O) groups is 2. The van der Waals surface area contributed by atoms with Gasteiger partial charge in [-0.05, 0) is 18.6 Å². The number of allylic oxidation sites excluding steroid dienone is 1. The lowest BCUT2D eigenvalue weighted by Gasteiger charge is -2.12. The molecule has 2 rings (SSSR count). The van der Waals surface area contributed by atoms with Crippen LogP contribution in [0.4, 0.5) is 0 Å². The summed E-state index contributed by atoms with van der Waals surface area (Å²) in [4.78, 5) is 27.8. The van der Waals surface area contributed by atoms with Crippen molar-refractivity contribution < 1.29 is 14.7 Å². The predicted molar refractivity (Wildman–Crippen MR) is 66.8 cm³/mol. The molecule has 1 aromatic rings. The zero-order valence-corrected chi connectivity index (χ0v) is 10.1. The average Bonchev–Trinajstić information content (AvgIpc) is 2.65. The Balaban J connectivity index is 2.01. The first-order chi connectivity index (χ1) is 9.15. The van der Waals surface area contributed by atoms with Crippen LogP contribution in [0.1, 0.15) is 33.6 Å². The van der Waals surface area contributed by atoms with Crippen molar-refractivity contribution in [2.24, 2.45) is 0 Å². The van der Waals surface area contributed by atoms with Crippen molar-refractivity contribution in [1.29, 1.82) is 5.39 Å². The Morgan fingerprint density at radius 3 is 2.37 bits per heavy atom. The van der Waals surface area contributed by atoms with Crippen LogP contribution in [0.3, 0.4) is 0 Å². The number of carbonyl (C=O) groups excluding carboxylic acids is 2. The number of hydrogen-bond acceptors (Lipinski definition) is 4.